The van der Waals surface area contributed by atoms with Gasteiger partial charge in [-0.3, -0.25) is 4.79 Å². The van der Waals surface area contributed by atoms with Crippen LogP contribution in [0.25, 0.3) is 0 Å². The number of hydrogen-bond acceptors (Lipinski definition) is 2. The van der Waals surface area contributed by atoms with Crippen LogP contribution in [0.15, 0.2) is 23.1 Å². The molecule has 1 nitrogen and oxygen atoms in total. The van der Waals surface area contributed by atoms with E-state index in [9.17, 15) is 4.79 Å². The largest absolute Gasteiger partial charge is 0.294 e. The average molecular weight is 229 g/mol. The van der Waals surface area contributed by atoms with Gasteiger partial charge in [0.2, 0.25) is 0 Å². The molecule has 0 atom stereocenters. The highest BCUT2D eigenvalue weighted by Gasteiger charge is 2.09. The summed E-state index contributed by atoms with van der Waals surface area (Å²) in [6.45, 7) is 1.88. The maximum absolute atomic E-state index is 11.5. The molecule has 1 aromatic rings. The van der Waals surface area contributed by atoms with Crippen molar-refractivity contribution in [2.24, 2.45) is 0 Å². The molecule has 0 saturated carbocycles. The molecule has 0 aliphatic rings. The van der Waals surface area contributed by atoms with Gasteiger partial charge in [0.1, 0.15) is 0 Å². The summed E-state index contributed by atoms with van der Waals surface area (Å²) in [6.07, 6.45) is 2.52. The Morgan fingerprint density at radius 1 is 1.50 bits per heavy atom. The summed E-state index contributed by atoms with van der Waals surface area (Å²) in [5.74, 6) is 0.684. The Balaban J connectivity index is 3.11. The molecule has 0 saturated heterocycles. The minimum absolute atomic E-state index is 0.190. The number of Topliss-reactive ketones (excluding diaryl/α,β-unsaturated/α-hetero) is 1. The number of halogens is 1. The lowest BCUT2D eigenvalue weighted by Gasteiger charge is -2.06. The number of hydrogen-bond donors (Lipinski definition) is 0. The third kappa shape index (κ3) is 2.52. The van der Waals surface area contributed by atoms with Gasteiger partial charge in [0.05, 0.1) is 0 Å². The van der Waals surface area contributed by atoms with Crippen molar-refractivity contribution in [1.29, 1.82) is 0 Å². The Morgan fingerprint density at radius 3 is 2.71 bits per heavy atom. The van der Waals surface area contributed by atoms with Crippen molar-refractivity contribution < 1.29 is 4.79 Å². The van der Waals surface area contributed by atoms with Crippen molar-refractivity contribution in [3.05, 3.63) is 29.3 Å². The second kappa shape index (κ2) is 5.42. The Hall–Kier alpha value is -0.470. The first-order chi connectivity index (χ1) is 6.72. The van der Waals surface area contributed by atoms with Gasteiger partial charge in [-0.2, -0.15) is 0 Å². The maximum Gasteiger partial charge on any atom is 0.163 e. The standard InChI is InChI=1S/C11H13ClOS/c1-3-10(13)9-5-4-8(7-12)6-11(9)14-2/h4-6H,3,7H2,1-2H3. The quantitative estimate of drug-likeness (QED) is 0.444. The van der Waals surface area contributed by atoms with Crippen LogP contribution in [-0.2, 0) is 5.88 Å². The Labute approximate surface area is 93.8 Å². The van der Waals surface area contributed by atoms with Crippen LogP contribution in [0.2, 0.25) is 0 Å². The van der Waals surface area contributed by atoms with E-state index in [0.29, 0.717) is 12.3 Å². The number of carbonyl (C=O) groups excluding carboxylic acids is 1. The van der Waals surface area contributed by atoms with Crippen molar-refractivity contribution in [3.8, 4) is 0 Å². The van der Waals surface area contributed by atoms with Crippen molar-refractivity contribution >= 4 is 29.1 Å². The zero-order chi connectivity index (χ0) is 10.6. The SMILES string of the molecule is CCC(=O)c1ccc(CCl)cc1SC. The van der Waals surface area contributed by atoms with Gasteiger partial charge in [0, 0.05) is 22.8 Å². The lowest BCUT2D eigenvalue weighted by atomic mass is 10.1. The Morgan fingerprint density at radius 2 is 2.21 bits per heavy atom. The fourth-order valence-corrected chi connectivity index (χ4v) is 2.08. The summed E-state index contributed by atoms with van der Waals surface area (Å²) in [4.78, 5) is 12.6. The molecule has 0 aliphatic heterocycles. The van der Waals surface area contributed by atoms with Crippen molar-refractivity contribution in [1.82, 2.24) is 0 Å². The summed E-state index contributed by atoms with van der Waals surface area (Å²) in [6, 6.07) is 5.77. The number of benzene rings is 1. The second-order valence-corrected chi connectivity index (χ2v) is 4.06. The molecule has 0 radical (unpaired) electrons. The molecule has 0 aromatic heterocycles. The minimum atomic E-state index is 0.190. The van der Waals surface area contributed by atoms with E-state index in [1.807, 2.05) is 31.4 Å². The Kier molecular flexibility index (Phi) is 4.49. The average Bonchev–Trinajstić information content (AvgIpc) is 2.27. The zero-order valence-corrected chi connectivity index (χ0v) is 9.91. The van der Waals surface area contributed by atoms with Gasteiger partial charge in [0.15, 0.2) is 5.78 Å². The Bertz CT molecular complexity index is 336. The van der Waals surface area contributed by atoms with Gasteiger partial charge in [-0.15, -0.1) is 23.4 Å². The van der Waals surface area contributed by atoms with Crippen LogP contribution in [0.5, 0.6) is 0 Å². The van der Waals surface area contributed by atoms with E-state index in [2.05, 4.69) is 0 Å². The van der Waals surface area contributed by atoms with Gasteiger partial charge in [-0.25, -0.2) is 0 Å². The number of alkyl halides is 1. The van der Waals surface area contributed by atoms with Gasteiger partial charge < -0.3 is 0 Å². The smallest absolute Gasteiger partial charge is 0.163 e. The van der Waals surface area contributed by atoms with Gasteiger partial charge >= 0.3 is 0 Å². The molecule has 0 amide bonds. The molecule has 0 fully saturated rings. The molecule has 0 heterocycles. The van der Waals surface area contributed by atoms with Crippen LogP contribution >= 0.6 is 23.4 Å². The highest BCUT2D eigenvalue weighted by Crippen LogP contribution is 2.23. The molecule has 0 unspecified atom stereocenters. The normalized spacial score (nSPS) is 10.2. The van der Waals surface area contributed by atoms with Gasteiger partial charge in [-0.05, 0) is 24.0 Å². The van der Waals surface area contributed by atoms with Crippen LogP contribution in [-0.4, -0.2) is 12.0 Å². The lowest BCUT2D eigenvalue weighted by molar-refractivity contribution is 0.0985. The lowest BCUT2D eigenvalue weighted by Crippen LogP contribution is -1.99. The molecule has 0 aliphatic carbocycles. The van der Waals surface area contributed by atoms with E-state index in [4.69, 9.17) is 11.6 Å². The third-order valence-electron chi connectivity index (χ3n) is 2.04. The fourth-order valence-electron chi connectivity index (χ4n) is 1.24. The predicted molar refractivity (Wildman–Crippen MR) is 62.4 cm³/mol. The van der Waals surface area contributed by atoms with Crippen molar-refractivity contribution in [2.75, 3.05) is 6.26 Å². The van der Waals surface area contributed by atoms with Gasteiger partial charge in [0.25, 0.3) is 0 Å². The highest BCUT2D eigenvalue weighted by atomic mass is 35.5. The maximum atomic E-state index is 11.5. The van der Waals surface area contributed by atoms with E-state index < -0.39 is 0 Å². The second-order valence-electron chi connectivity index (χ2n) is 2.94. The van der Waals surface area contributed by atoms with E-state index in [-0.39, 0.29) is 5.78 Å². The first-order valence-electron chi connectivity index (χ1n) is 4.49. The number of thioether (sulfide) groups is 1. The fraction of sp³-hybridized carbons (Fsp3) is 0.364. The highest BCUT2D eigenvalue weighted by molar-refractivity contribution is 7.98. The van der Waals surface area contributed by atoms with E-state index in [1.165, 1.54) is 0 Å². The van der Waals surface area contributed by atoms with Crippen LogP contribution in [0.1, 0.15) is 29.3 Å². The third-order valence-corrected chi connectivity index (χ3v) is 3.13. The van der Waals surface area contributed by atoms with Crippen LogP contribution in [0.4, 0.5) is 0 Å². The summed E-state index contributed by atoms with van der Waals surface area (Å²) >= 11 is 7.32. The van der Waals surface area contributed by atoms with Gasteiger partial charge in [-0.1, -0.05) is 13.0 Å². The van der Waals surface area contributed by atoms with E-state index in [0.717, 1.165) is 16.0 Å². The number of ketones is 1. The van der Waals surface area contributed by atoms with Crippen molar-refractivity contribution in [2.45, 2.75) is 24.1 Å². The zero-order valence-electron chi connectivity index (χ0n) is 8.34. The predicted octanol–water partition coefficient (Wildman–Crippen LogP) is 3.74. The van der Waals surface area contributed by atoms with Crippen LogP contribution < -0.4 is 0 Å². The topological polar surface area (TPSA) is 17.1 Å². The molecule has 1 rings (SSSR count). The van der Waals surface area contributed by atoms with Crippen LogP contribution in [0, 0.1) is 0 Å². The summed E-state index contributed by atoms with van der Waals surface area (Å²) < 4.78 is 0. The molecule has 1 aromatic carbocycles. The summed E-state index contributed by atoms with van der Waals surface area (Å²) in [5, 5.41) is 0. The van der Waals surface area contributed by atoms with Crippen molar-refractivity contribution in [3.63, 3.8) is 0 Å². The molecular formula is C11H13ClOS. The summed E-state index contributed by atoms with van der Waals surface area (Å²) in [5.41, 5.74) is 1.87. The summed E-state index contributed by atoms with van der Waals surface area (Å²) in [7, 11) is 0. The van der Waals surface area contributed by atoms with E-state index in [1.54, 1.807) is 11.8 Å². The molecule has 3 heteroatoms. The van der Waals surface area contributed by atoms with E-state index >= 15 is 0 Å². The first-order valence-corrected chi connectivity index (χ1v) is 6.25. The minimum Gasteiger partial charge on any atom is -0.294 e. The first kappa shape index (κ1) is 11.6. The molecule has 0 spiro atoms. The monoisotopic (exact) mass is 228 g/mol. The number of carbonyl (C=O) groups is 1. The molecule has 76 valence electrons. The molecule has 14 heavy (non-hydrogen) atoms. The molecular weight excluding hydrogens is 216 g/mol. The molecule has 0 bridgehead atoms. The van der Waals surface area contributed by atoms with Crippen LogP contribution in [0.3, 0.4) is 0 Å². The molecule has 0 N–H and O–H groups in total. The number of rotatable bonds is 4.